The molecule has 0 bridgehead atoms. The zero-order valence-corrected chi connectivity index (χ0v) is 12.1. The fraction of sp³-hybridized carbons (Fsp3) is 0.188. The standard InChI is InChI=1S/C16H19N3O2/c1-4-6-14-15(17-18-19(14)11-5-2)12-7-9-13(10-8-12)16(20)21-3/h4-5,7-10,17-18H,1-2,6,11H2,3H3. The topological polar surface area (TPSA) is 53.6 Å². The number of esters is 1. The SMILES string of the molecule is C=CCC1=C(c2ccc(C(=O)OC)cc2)NNN1CC=C. The molecule has 0 aromatic heterocycles. The van der Waals surface area contributed by atoms with Gasteiger partial charge in [0.15, 0.2) is 0 Å². The van der Waals surface area contributed by atoms with Crippen molar-refractivity contribution in [2.45, 2.75) is 6.42 Å². The summed E-state index contributed by atoms with van der Waals surface area (Å²) in [5.41, 5.74) is 9.80. The molecule has 21 heavy (non-hydrogen) atoms. The molecule has 2 rings (SSSR count). The second-order valence-electron chi connectivity index (χ2n) is 4.52. The Balaban J connectivity index is 2.31. The average Bonchev–Trinajstić information content (AvgIpc) is 2.90. The lowest BCUT2D eigenvalue weighted by Crippen LogP contribution is -2.37. The van der Waals surface area contributed by atoms with E-state index in [-0.39, 0.29) is 5.97 Å². The molecule has 0 atom stereocenters. The van der Waals surface area contributed by atoms with Crippen LogP contribution in [0, 0.1) is 0 Å². The van der Waals surface area contributed by atoms with E-state index in [0.29, 0.717) is 12.1 Å². The summed E-state index contributed by atoms with van der Waals surface area (Å²) in [5, 5.41) is 1.97. The van der Waals surface area contributed by atoms with Crippen LogP contribution >= 0.6 is 0 Å². The number of carbonyl (C=O) groups excluding carboxylic acids is 1. The maximum atomic E-state index is 11.5. The predicted octanol–water partition coefficient (Wildman–Crippen LogP) is 2.23. The molecule has 0 saturated heterocycles. The molecule has 1 aliphatic rings. The molecule has 5 nitrogen and oxygen atoms in total. The fourth-order valence-electron chi connectivity index (χ4n) is 2.16. The van der Waals surface area contributed by atoms with Crippen LogP contribution in [0.25, 0.3) is 5.70 Å². The second-order valence-corrected chi connectivity index (χ2v) is 4.52. The van der Waals surface area contributed by atoms with E-state index in [1.54, 1.807) is 12.1 Å². The number of hydrogen-bond donors (Lipinski definition) is 2. The van der Waals surface area contributed by atoms with Crippen molar-refractivity contribution in [2.24, 2.45) is 0 Å². The molecule has 0 unspecified atom stereocenters. The Labute approximate surface area is 124 Å². The number of ether oxygens (including phenoxy) is 1. The summed E-state index contributed by atoms with van der Waals surface area (Å²) < 4.78 is 4.70. The largest absolute Gasteiger partial charge is 0.465 e. The van der Waals surface area contributed by atoms with Gasteiger partial charge >= 0.3 is 5.97 Å². The van der Waals surface area contributed by atoms with Crippen LogP contribution < -0.4 is 11.0 Å². The molecule has 0 aliphatic carbocycles. The van der Waals surface area contributed by atoms with Crippen molar-refractivity contribution in [3.8, 4) is 0 Å². The van der Waals surface area contributed by atoms with Crippen molar-refractivity contribution in [1.29, 1.82) is 0 Å². The van der Waals surface area contributed by atoms with E-state index < -0.39 is 0 Å². The summed E-state index contributed by atoms with van der Waals surface area (Å²) in [4.78, 5) is 11.5. The molecule has 5 heteroatoms. The molecule has 0 amide bonds. The van der Waals surface area contributed by atoms with Crippen molar-refractivity contribution in [3.63, 3.8) is 0 Å². The number of benzene rings is 1. The van der Waals surface area contributed by atoms with Gasteiger partial charge in [0.05, 0.1) is 30.6 Å². The van der Waals surface area contributed by atoms with Gasteiger partial charge in [0.25, 0.3) is 0 Å². The Morgan fingerprint density at radius 2 is 2.00 bits per heavy atom. The van der Waals surface area contributed by atoms with Crippen LogP contribution in [-0.4, -0.2) is 24.6 Å². The highest BCUT2D eigenvalue weighted by Crippen LogP contribution is 2.24. The smallest absolute Gasteiger partial charge is 0.337 e. The Morgan fingerprint density at radius 1 is 1.29 bits per heavy atom. The van der Waals surface area contributed by atoms with Gasteiger partial charge in [-0.25, -0.2) is 4.79 Å². The van der Waals surface area contributed by atoms with Crippen LogP contribution in [0.2, 0.25) is 0 Å². The van der Waals surface area contributed by atoms with Crippen molar-refractivity contribution < 1.29 is 9.53 Å². The average molecular weight is 285 g/mol. The molecule has 1 aliphatic heterocycles. The first kappa shape index (κ1) is 14.9. The first-order valence-corrected chi connectivity index (χ1v) is 6.64. The maximum absolute atomic E-state index is 11.5. The van der Waals surface area contributed by atoms with E-state index in [0.717, 1.165) is 23.4 Å². The van der Waals surface area contributed by atoms with Crippen LogP contribution in [0.4, 0.5) is 0 Å². The normalized spacial score (nSPS) is 13.9. The van der Waals surface area contributed by atoms with E-state index >= 15 is 0 Å². The monoisotopic (exact) mass is 285 g/mol. The zero-order chi connectivity index (χ0) is 15.2. The summed E-state index contributed by atoms with van der Waals surface area (Å²) in [6.45, 7) is 8.22. The summed E-state index contributed by atoms with van der Waals surface area (Å²) in [7, 11) is 1.37. The first-order valence-electron chi connectivity index (χ1n) is 6.64. The Bertz CT molecular complexity index is 576. The van der Waals surface area contributed by atoms with E-state index in [1.807, 2.05) is 29.3 Å². The zero-order valence-electron chi connectivity index (χ0n) is 12.1. The van der Waals surface area contributed by atoms with E-state index in [4.69, 9.17) is 4.74 Å². The quantitative estimate of drug-likeness (QED) is 0.620. The highest BCUT2D eigenvalue weighted by molar-refractivity contribution is 5.89. The van der Waals surface area contributed by atoms with Gasteiger partial charge in [-0.2, -0.15) is 0 Å². The number of nitrogens with zero attached hydrogens (tertiary/aromatic N) is 1. The van der Waals surface area contributed by atoms with Gasteiger partial charge in [0, 0.05) is 12.0 Å². The molecule has 1 aromatic carbocycles. The van der Waals surface area contributed by atoms with Gasteiger partial charge in [-0.05, 0) is 12.1 Å². The summed E-state index contributed by atoms with van der Waals surface area (Å²) in [5.74, 6) is -0.340. The van der Waals surface area contributed by atoms with Gasteiger partial charge in [0.2, 0.25) is 0 Å². The lowest BCUT2D eigenvalue weighted by Gasteiger charge is -2.17. The van der Waals surface area contributed by atoms with Gasteiger partial charge in [-0.15, -0.1) is 18.7 Å². The van der Waals surface area contributed by atoms with Crippen molar-refractivity contribution >= 4 is 11.7 Å². The Hall–Kier alpha value is -2.53. The second kappa shape index (κ2) is 6.76. The number of allylic oxidation sites excluding steroid dienone is 1. The number of methoxy groups -OCH3 is 1. The highest BCUT2D eigenvalue weighted by atomic mass is 16.5. The molecular weight excluding hydrogens is 266 g/mol. The minimum atomic E-state index is -0.340. The van der Waals surface area contributed by atoms with Crippen LogP contribution in [0.5, 0.6) is 0 Å². The molecule has 0 spiro atoms. The van der Waals surface area contributed by atoms with E-state index in [2.05, 4.69) is 24.1 Å². The minimum Gasteiger partial charge on any atom is -0.465 e. The summed E-state index contributed by atoms with van der Waals surface area (Å²) >= 11 is 0. The Kier molecular flexibility index (Phi) is 4.79. The highest BCUT2D eigenvalue weighted by Gasteiger charge is 2.21. The summed E-state index contributed by atoms with van der Waals surface area (Å²) in [6.07, 6.45) is 4.39. The third-order valence-electron chi connectivity index (χ3n) is 3.17. The number of hydrogen-bond acceptors (Lipinski definition) is 5. The van der Waals surface area contributed by atoms with Crippen molar-refractivity contribution in [1.82, 2.24) is 16.0 Å². The number of nitrogens with one attached hydrogen (secondary N) is 2. The molecule has 0 saturated carbocycles. The first-order chi connectivity index (χ1) is 10.2. The van der Waals surface area contributed by atoms with Crippen molar-refractivity contribution in [3.05, 3.63) is 66.4 Å². The van der Waals surface area contributed by atoms with Crippen LogP contribution in [0.15, 0.2) is 55.3 Å². The van der Waals surface area contributed by atoms with Crippen LogP contribution in [-0.2, 0) is 4.74 Å². The third-order valence-corrected chi connectivity index (χ3v) is 3.17. The van der Waals surface area contributed by atoms with Gasteiger partial charge in [0.1, 0.15) is 0 Å². The lowest BCUT2D eigenvalue weighted by molar-refractivity contribution is 0.0600. The van der Waals surface area contributed by atoms with Gasteiger partial charge < -0.3 is 10.2 Å². The Morgan fingerprint density at radius 3 is 2.57 bits per heavy atom. The lowest BCUT2D eigenvalue weighted by atomic mass is 10.1. The van der Waals surface area contributed by atoms with Crippen LogP contribution in [0.3, 0.4) is 0 Å². The molecule has 1 heterocycles. The minimum absolute atomic E-state index is 0.340. The molecular formula is C16H19N3O2. The van der Waals surface area contributed by atoms with Crippen molar-refractivity contribution in [2.75, 3.05) is 13.7 Å². The molecule has 0 fully saturated rings. The molecule has 2 N–H and O–H groups in total. The maximum Gasteiger partial charge on any atom is 0.337 e. The molecule has 110 valence electrons. The van der Waals surface area contributed by atoms with E-state index in [9.17, 15) is 4.79 Å². The molecule has 1 aromatic rings. The molecule has 0 radical (unpaired) electrons. The van der Waals surface area contributed by atoms with Gasteiger partial charge in [-0.1, -0.05) is 24.3 Å². The number of rotatable bonds is 6. The summed E-state index contributed by atoms with van der Waals surface area (Å²) in [6, 6.07) is 7.27. The number of carbonyl (C=O) groups is 1. The van der Waals surface area contributed by atoms with Gasteiger partial charge in [-0.3, -0.25) is 5.01 Å². The fourth-order valence-corrected chi connectivity index (χ4v) is 2.16. The number of hydrazine groups is 2. The predicted molar refractivity (Wildman–Crippen MR) is 82.7 cm³/mol. The van der Waals surface area contributed by atoms with E-state index in [1.165, 1.54) is 7.11 Å². The third kappa shape index (κ3) is 3.14. The van der Waals surface area contributed by atoms with Crippen LogP contribution in [0.1, 0.15) is 22.3 Å².